The predicted octanol–water partition coefficient (Wildman–Crippen LogP) is 3.16. The molecule has 0 fully saturated rings. The fourth-order valence-electron chi connectivity index (χ4n) is 1.66. The van der Waals surface area contributed by atoms with Gasteiger partial charge in [0.25, 0.3) is 0 Å². The third kappa shape index (κ3) is 4.62. The number of benzene rings is 1. The van der Waals surface area contributed by atoms with Crippen LogP contribution in [0.3, 0.4) is 0 Å². The molecule has 0 saturated heterocycles. The molecule has 2 atom stereocenters. The van der Waals surface area contributed by atoms with Gasteiger partial charge in [0.05, 0.1) is 6.10 Å². The SMILES string of the molecule is COC(C)CCC(N)Cc1c(F)cccc1Cl. The van der Waals surface area contributed by atoms with Crippen LogP contribution in [0.15, 0.2) is 18.2 Å². The van der Waals surface area contributed by atoms with Crippen molar-refractivity contribution in [1.82, 2.24) is 0 Å². The highest BCUT2D eigenvalue weighted by Crippen LogP contribution is 2.21. The number of methoxy groups -OCH3 is 1. The van der Waals surface area contributed by atoms with Crippen molar-refractivity contribution in [3.63, 3.8) is 0 Å². The summed E-state index contributed by atoms with van der Waals surface area (Å²) in [5, 5.41) is 0.445. The topological polar surface area (TPSA) is 35.2 Å². The first-order valence-corrected chi connectivity index (χ1v) is 6.13. The van der Waals surface area contributed by atoms with E-state index in [9.17, 15) is 4.39 Å². The number of halogens is 2. The normalized spacial score (nSPS) is 14.6. The average molecular weight is 260 g/mol. The molecular formula is C13H19ClFNO. The third-order valence-electron chi connectivity index (χ3n) is 2.87. The Kier molecular flexibility index (Phi) is 5.89. The minimum absolute atomic E-state index is 0.0954. The second kappa shape index (κ2) is 6.94. The molecule has 0 aromatic heterocycles. The number of nitrogens with two attached hydrogens (primary N) is 1. The highest BCUT2D eigenvalue weighted by Gasteiger charge is 2.12. The van der Waals surface area contributed by atoms with Gasteiger partial charge >= 0.3 is 0 Å². The molecule has 0 amide bonds. The van der Waals surface area contributed by atoms with Crippen LogP contribution in [0.2, 0.25) is 5.02 Å². The molecule has 2 nitrogen and oxygen atoms in total. The van der Waals surface area contributed by atoms with Gasteiger partial charge in [-0.15, -0.1) is 0 Å². The summed E-state index contributed by atoms with van der Waals surface area (Å²) in [6.07, 6.45) is 2.29. The molecule has 0 spiro atoms. The second-order valence-electron chi connectivity index (χ2n) is 4.29. The van der Waals surface area contributed by atoms with Crippen LogP contribution < -0.4 is 5.73 Å². The van der Waals surface area contributed by atoms with Crippen LogP contribution >= 0.6 is 11.6 Å². The molecule has 96 valence electrons. The Morgan fingerprint density at radius 3 is 2.71 bits per heavy atom. The number of hydrogen-bond acceptors (Lipinski definition) is 2. The molecule has 2 unspecified atom stereocenters. The Bertz CT molecular complexity index is 339. The molecule has 1 aromatic rings. The zero-order chi connectivity index (χ0) is 12.8. The van der Waals surface area contributed by atoms with Gasteiger partial charge in [0.2, 0.25) is 0 Å². The smallest absolute Gasteiger partial charge is 0.127 e. The zero-order valence-corrected chi connectivity index (χ0v) is 11.0. The van der Waals surface area contributed by atoms with Gasteiger partial charge < -0.3 is 10.5 Å². The van der Waals surface area contributed by atoms with E-state index < -0.39 is 0 Å². The fraction of sp³-hybridized carbons (Fsp3) is 0.538. The molecule has 0 aliphatic heterocycles. The van der Waals surface area contributed by atoms with Crippen LogP contribution in [0.1, 0.15) is 25.3 Å². The molecule has 4 heteroatoms. The Labute approximate surface area is 107 Å². The van der Waals surface area contributed by atoms with Crippen LogP contribution in [-0.4, -0.2) is 19.3 Å². The van der Waals surface area contributed by atoms with E-state index in [1.54, 1.807) is 19.2 Å². The molecule has 1 aromatic carbocycles. The lowest BCUT2D eigenvalue weighted by Gasteiger charge is -2.15. The van der Waals surface area contributed by atoms with Gasteiger partial charge in [-0.05, 0) is 38.3 Å². The first-order valence-electron chi connectivity index (χ1n) is 5.75. The lowest BCUT2D eigenvalue weighted by atomic mass is 10.0. The van der Waals surface area contributed by atoms with Crippen molar-refractivity contribution in [1.29, 1.82) is 0 Å². The molecule has 0 aliphatic rings. The molecule has 0 aliphatic carbocycles. The van der Waals surface area contributed by atoms with Crippen LogP contribution in [0.5, 0.6) is 0 Å². The van der Waals surface area contributed by atoms with Crippen molar-refractivity contribution in [2.24, 2.45) is 5.73 Å². The predicted molar refractivity (Wildman–Crippen MR) is 68.8 cm³/mol. The number of hydrogen-bond donors (Lipinski definition) is 1. The van der Waals surface area contributed by atoms with Gasteiger partial charge in [0.1, 0.15) is 5.82 Å². The van der Waals surface area contributed by atoms with Crippen molar-refractivity contribution in [2.75, 3.05) is 7.11 Å². The Balaban J connectivity index is 2.53. The van der Waals surface area contributed by atoms with Gasteiger partial charge in [-0.1, -0.05) is 17.7 Å². The summed E-state index contributed by atoms with van der Waals surface area (Å²) in [6.45, 7) is 1.99. The van der Waals surface area contributed by atoms with Crippen molar-refractivity contribution >= 4 is 11.6 Å². The van der Waals surface area contributed by atoms with Crippen molar-refractivity contribution in [3.05, 3.63) is 34.6 Å². The Morgan fingerprint density at radius 1 is 1.41 bits per heavy atom. The van der Waals surface area contributed by atoms with E-state index in [-0.39, 0.29) is 18.0 Å². The summed E-state index contributed by atoms with van der Waals surface area (Å²) in [7, 11) is 1.67. The number of ether oxygens (including phenoxy) is 1. The van der Waals surface area contributed by atoms with E-state index in [1.807, 2.05) is 6.92 Å². The van der Waals surface area contributed by atoms with E-state index in [4.69, 9.17) is 22.1 Å². The van der Waals surface area contributed by atoms with E-state index in [2.05, 4.69) is 0 Å². The van der Waals surface area contributed by atoms with Crippen LogP contribution in [-0.2, 0) is 11.2 Å². The van der Waals surface area contributed by atoms with Gasteiger partial charge in [-0.3, -0.25) is 0 Å². The maximum atomic E-state index is 13.5. The monoisotopic (exact) mass is 259 g/mol. The molecule has 2 N–H and O–H groups in total. The molecule has 0 bridgehead atoms. The lowest BCUT2D eigenvalue weighted by Crippen LogP contribution is -2.25. The molecule has 0 saturated carbocycles. The molecule has 0 radical (unpaired) electrons. The van der Waals surface area contributed by atoms with E-state index in [1.165, 1.54) is 6.07 Å². The first-order chi connectivity index (χ1) is 8.04. The standard InChI is InChI=1S/C13H19ClFNO/c1-9(17-2)6-7-10(16)8-11-12(14)4-3-5-13(11)15/h3-5,9-10H,6-8,16H2,1-2H3. The molecule has 0 heterocycles. The summed E-state index contributed by atoms with van der Waals surface area (Å²) in [5.41, 5.74) is 6.47. The first kappa shape index (κ1) is 14.4. The van der Waals surface area contributed by atoms with Crippen LogP contribution in [0, 0.1) is 5.82 Å². The maximum Gasteiger partial charge on any atom is 0.127 e. The molecule has 17 heavy (non-hydrogen) atoms. The molecular weight excluding hydrogens is 241 g/mol. The number of rotatable bonds is 6. The van der Waals surface area contributed by atoms with Crippen LogP contribution in [0.25, 0.3) is 0 Å². The minimum atomic E-state index is -0.285. The highest BCUT2D eigenvalue weighted by molar-refractivity contribution is 6.31. The van der Waals surface area contributed by atoms with E-state index in [0.29, 0.717) is 17.0 Å². The summed E-state index contributed by atoms with van der Waals surface area (Å²) < 4.78 is 18.7. The summed E-state index contributed by atoms with van der Waals surface area (Å²) in [5.74, 6) is -0.285. The van der Waals surface area contributed by atoms with Crippen LogP contribution in [0.4, 0.5) is 4.39 Å². The van der Waals surface area contributed by atoms with Gasteiger partial charge in [-0.2, -0.15) is 0 Å². The summed E-state index contributed by atoms with van der Waals surface area (Å²) in [4.78, 5) is 0. The Morgan fingerprint density at radius 2 is 2.12 bits per heavy atom. The van der Waals surface area contributed by atoms with Gasteiger partial charge in [0.15, 0.2) is 0 Å². The average Bonchev–Trinajstić information content (AvgIpc) is 2.31. The summed E-state index contributed by atoms with van der Waals surface area (Å²) in [6, 6.07) is 4.59. The maximum absolute atomic E-state index is 13.5. The molecule has 1 rings (SSSR count). The quantitative estimate of drug-likeness (QED) is 0.852. The minimum Gasteiger partial charge on any atom is -0.382 e. The van der Waals surface area contributed by atoms with Crippen molar-refractivity contribution in [2.45, 2.75) is 38.3 Å². The van der Waals surface area contributed by atoms with Crippen molar-refractivity contribution in [3.8, 4) is 0 Å². The van der Waals surface area contributed by atoms with E-state index in [0.717, 1.165) is 12.8 Å². The highest BCUT2D eigenvalue weighted by atomic mass is 35.5. The zero-order valence-electron chi connectivity index (χ0n) is 10.2. The second-order valence-corrected chi connectivity index (χ2v) is 4.70. The lowest BCUT2D eigenvalue weighted by molar-refractivity contribution is 0.107. The third-order valence-corrected chi connectivity index (χ3v) is 3.23. The largest absolute Gasteiger partial charge is 0.382 e. The Hall–Kier alpha value is -0.640. The van der Waals surface area contributed by atoms with E-state index >= 15 is 0 Å². The van der Waals surface area contributed by atoms with Gasteiger partial charge in [0, 0.05) is 23.7 Å². The van der Waals surface area contributed by atoms with Gasteiger partial charge in [-0.25, -0.2) is 4.39 Å². The fourth-order valence-corrected chi connectivity index (χ4v) is 1.90. The van der Waals surface area contributed by atoms with Crippen molar-refractivity contribution < 1.29 is 9.13 Å². The summed E-state index contributed by atoms with van der Waals surface area (Å²) >= 11 is 5.94.